The Labute approximate surface area is 188 Å². The summed E-state index contributed by atoms with van der Waals surface area (Å²) in [5.41, 5.74) is 0.170. The smallest absolute Gasteiger partial charge is 0.421 e. The quantitative estimate of drug-likeness (QED) is 0.463. The molecule has 2 aromatic carbocycles. The molecule has 0 aliphatic rings. The van der Waals surface area contributed by atoms with Gasteiger partial charge in [-0.2, -0.15) is 18.2 Å². The molecule has 1 aromatic heterocycles. The standard InChI is InChI=1S/C22H23F3N4O4/c1-30-15-7-5-6-13(8-15)11-26-20-16(22(23,24)25)12-27-21(29-20)28-14-9-17(31-2)19(33-4)18(10-14)32-3/h5-10,12H,11H2,1-4H3,(H2,26,27,28,29). The highest BCUT2D eigenvalue weighted by molar-refractivity contribution is 5.66. The zero-order valence-corrected chi connectivity index (χ0v) is 18.4. The van der Waals surface area contributed by atoms with Gasteiger partial charge >= 0.3 is 6.18 Å². The highest BCUT2D eigenvalue weighted by atomic mass is 19.4. The Morgan fingerprint density at radius 3 is 2.18 bits per heavy atom. The fourth-order valence-electron chi connectivity index (χ4n) is 3.03. The highest BCUT2D eigenvalue weighted by Gasteiger charge is 2.35. The summed E-state index contributed by atoms with van der Waals surface area (Å²) in [6.07, 6.45) is -3.91. The van der Waals surface area contributed by atoms with Gasteiger partial charge in [-0.15, -0.1) is 0 Å². The Morgan fingerprint density at radius 1 is 0.909 bits per heavy atom. The van der Waals surface area contributed by atoms with Crippen molar-refractivity contribution in [2.75, 3.05) is 39.1 Å². The van der Waals surface area contributed by atoms with Crippen LogP contribution in [-0.4, -0.2) is 38.4 Å². The Hall–Kier alpha value is -3.89. The number of alkyl halides is 3. The lowest BCUT2D eigenvalue weighted by Gasteiger charge is -2.16. The van der Waals surface area contributed by atoms with Crippen molar-refractivity contribution < 1.29 is 32.1 Å². The summed E-state index contributed by atoms with van der Waals surface area (Å²) in [6, 6.07) is 10.2. The summed E-state index contributed by atoms with van der Waals surface area (Å²) in [6.45, 7) is 0.0981. The third-order valence-electron chi connectivity index (χ3n) is 4.61. The predicted octanol–water partition coefficient (Wildman–Crippen LogP) is 4.89. The first-order valence-electron chi connectivity index (χ1n) is 9.67. The predicted molar refractivity (Wildman–Crippen MR) is 117 cm³/mol. The fourth-order valence-corrected chi connectivity index (χ4v) is 3.03. The average molecular weight is 464 g/mol. The molecule has 8 nitrogen and oxygen atoms in total. The number of aromatic nitrogens is 2. The molecule has 0 saturated heterocycles. The maximum atomic E-state index is 13.5. The van der Waals surface area contributed by atoms with Gasteiger partial charge in [0.25, 0.3) is 0 Å². The number of hydrogen-bond donors (Lipinski definition) is 2. The van der Waals surface area contributed by atoms with Crippen molar-refractivity contribution in [3.8, 4) is 23.0 Å². The molecule has 0 atom stereocenters. The van der Waals surface area contributed by atoms with E-state index >= 15 is 0 Å². The maximum absolute atomic E-state index is 13.5. The molecule has 2 N–H and O–H groups in total. The van der Waals surface area contributed by atoms with Crippen LogP contribution in [0, 0.1) is 0 Å². The first-order valence-corrected chi connectivity index (χ1v) is 9.67. The molecule has 0 fully saturated rings. The molecule has 0 bridgehead atoms. The molecule has 176 valence electrons. The average Bonchev–Trinajstić information content (AvgIpc) is 2.81. The largest absolute Gasteiger partial charge is 0.497 e. The Kier molecular flexibility index (Phi) is 7.31. The summed E-state index contributed by atoms with van der Waals surface area (Å²) in [5.74, 6) is 1.28. The van der Waals surface area contributed by atoms with Crippen molar-refractivity contribution in [3.05, 3.63) is 53.7 Å². The van der Waals surface area contributed by atoms with Crippen LogP contribution in [0.1, 0.15) is 11.1 Å². The number of rotatable bonds is 9. The van der Waals surface area contributed by atoms with E-state index in [-0.39, 0.29) is 18.3 Å². The normalized spacial score (nSPS) is 11.0. The lowest BCUT2D eigenvalue weighted by Crippen LogP contribution is -2.14. The Morgan fingerprint density at radius 2 is 1.61 bits per heavy atom. The molecule has 0 radical (unpaired) electrons. The summed E-state index contributed by atoms with van der Waals surface area (Å²) in [4.78, 5) is 7.87. The number of nitrogens with zero attached hydrogens (tertiary/aromatic N) is 2. The number of benzene rings is 2. The van der Waals surface area contributed by atoms with Crippen LogP contribution in [0.15, 0.2) is 42.6 Å². The van der Waals surface area contributed by atoms with Crippen LogP contribution < -0.4 is 29.6 Å². The maximum Gasteiger partial charge on any atom is 0.421 e. The van der Waals surface area contributed by atoms with E-state index in [0.29, 0.717) is 28.7 Å². The fraction of sp³-hybridized carbons (Fsp3) is 0.273. The third-order valence-corrected chi connectivity index (χ3v) is 4.61. The van der Waals surface area contributed by atoms with Gasteiger partial charge in [-0.1, -0.05) is 12.1 Å². The molecule has 33 heavy (non-hydrogen) atoms. The monoisotopic (exact) mass is 464 g/mol. The SMILES string of the molecule is COc1cccc(CNc2nc(Nc3cc(OC)c(OC)c(OC)c3)ncc2C(F)(F)F)c1. The van der Waals surface area contributed by atoms with Gasteiger partial charge in [0, 0.05) is 30.6 Å². The van der Waals surface area contributed by atoms with Gasteiger partial charge in [-0.05, 0) is 17.7 Å². The third kappa shape index (κ3) is 5.68. The zero-order chi connectivity index (χ0) is 24.0. The minimum absolute atomic E-state index is 0.0505. The lowest BCUT2D eigenvalue weighted by molar-refractivity contribution is -0.137. The summed E-state index contributed by atoms with van der Waals surface area (Å²) < 4.78 is 61.6. The molecule has 0 spiro atoms. The zero-order valence-electron chi connectivity index (χ0n) is 18.4. The Balaban J connectivity index is 1.91. The number of halogens is 3. The summed E-state index contributed by atoms with van der Waals surface area (Å²) in [7, 11) is 5.89. The molecule has 11 heteroatoms. The molecule has 1 heterocycles. The van der Waals surface area contributed by atoms with E-state index in [9.17, 15) is 13.2 Å². The van der Waals surface area contributed by atoms with Gasteiger partial charge in [0.1, 0.15) is 17.1 Å². The summed E-state index contributed by atoms with van der Waals surface area (Å²) >= 11 is 0. The van der Waals surface area contributed by atoms with Crippen LogP contribution in [0.2, 0.25) is 0 Å². The van der Waals surface area contributed by atoms with E-state index in [4.69, 9.17) is 18.9 Å². The van der Waals surface area contributed by atoms with Crippen molar-refractivity contribution >= 4 is 17.5 Å². The molecule has 0 saturated carbocycles. The van der Waals surface area contributed by atoms with Gasteiger partial charge in [-0.25, -0.2) is 4.98 Å². The molecule has 0 aliphatic heterocycles. The minimum Gasteiger partial charge on any atom is -0.497 e. The second-order valence-corrected chi connectivity index (χ2v) is 6.70. The van der Waals surface area contributed by atoms with E-state index < -0.39 is 11.7 Å². The number of hydrogen-bond acceptors (Lipinski definition) is 8. The van der Waals surface area contributed by atoms with Crippen LogP contribution in [0.4, 0.5) is 30.6 Å². The first-order chi connectivity index (χ1) is 15.8. The van der Waals surface area contributed by atoms with Crippen molar-refractivity contribution in [3.63, 3.8) is 0 Å². The molecular weight excluding hydrogens is 441 g/mol. The van der Waals surface area contributed by atoms with Crippen molar-refractivity contribution in [2.45, 2.75) is 12.7 Å². The van der Waals surface area contributed by atoms with E-state index in [0.717, 1.165) is 11.8 Å². The number of methoxy groups -OCH3 is 4. The van der Waals surface area contributed by atoms with Gasteiger partial charge in [0.05, 0.1) is 28.4 Å². The van der Waals surface area contributed by atoms with Gasteiger partial charge < -0.3 is 29.6 Å². The Bertz CT molecular complexity index is 1080. The van der Waals surface area contributed by atoms with Crippen LogP contribution in [0.3, 0.4) is 0 Å². The molecule has 3 aromatic rings. The molecule has 3 rings (SSSR count). The minimum atomic E-state index is -4.64. The van der Waals surface area contributed by atoms with E-state index in [1.54, 1.807) is 36.4 Å². The first kappa shape index (κ1) is 23.8. The number of anilines is 3. The number of ether oxygens (including phenoxy) is 4. The van der Waals surface area contributed by atoms with Crippen LogP contribution in [0.5, 0.6) is 23.0 Å². The van der Waals surface area contributed by atoms with E-state index in [1.165, 1.54) is 28.4 Å². The molecular formula is C22H23F3N4O4. The lowest BCUT2D eigenvalue weighted by atomic mass is 10.2. The topological polar surface area (TPSA) is 86.8 Å². The molecule has 0 aliphatic carbocycles. The van der Waals surface area contributed by atoms with Gasteiger partial charge in [-0.3, -0.25) is 0 Å². The van der Waals surface area contributed by atoms with Gasteiger partial charge in [0.2, 0.25) is 11.7 Å². The summed E-state index contributed by atoms with van der Waals surface area (Å²) in [5, 5.41) is 5.62. The van der Waals surface area contributed by atoms with Gasteiger partial charge in [0.15, 0.2) is 11.5 Å². The van der Waals surface area contributed by atoms with Crippen molar-refractivity contribution in [1.82, 2.24) is 9.97 Å². The molecule has 0 amide bonds. The molecule has 0 unspecified atom stereocenters. The second-order valence-electron chi connectivity index (χ2n) is 6.70. The van der Waals surface area contributed by atoms with Crippen LogP contribution in [0.25, 0.3) is 0 Å². The van der Waals surface area contributed by atoms with Crippen molar-refractivity contribution in [1.29, 1.82) is 0 Å². The van der Waals surface area contributed by atoms with E-state index in [2.05, 4.69) is 20.6 Å². The van der Waals surface area contributed by atoms with Crippen molar-refractivity contribution in [2.24, 2.45) is 0 Å². The highest BCUT2D eigenvalue weighted by Crippen LogP contribution is 2.41. The van der Waals surface area contributed by atoms with E-state index in [1.807, 2.05) is 0 Å². The second kappa shape index (κ2) is 10.2. The number of nitrogens with one attached hydrogen (secondary N) is 2. The van der Waals surface area contributed by atoms with Crippen LogP contribution >= 0.6 is 0 Å². The van der Waals surface area contributed by atoms with Crippen LogP contribution in [-0.2, 0) is 12.7 Å².